The van der Waals surface area contributed by atoms with E-state index in [0.717, 1.165) is 39.0 Å². The first-order valence-corrected chi connectivity index (χ1v) is 5.78. The number of hydrogen-bond acceptors (Lipinski definition) is 4. The van der Waals surface area contributed by atoms with Crippen molar-refractivity contribution in [3.05, 3.63) is 0 Å². The molecule has 1 heterocycles. The summed E-state index contributed by atoms with van der Waals surface area (Å²) in [5.74, 6) is 0. The zero-order chi connectivity index (χ0) is 11.1. The fraction of sp³-hybridized carbons (Fsp3) is 1.00. The average Bonchev–Trinajstić information content (AvgIpc) is 2.31. The molecule has 1 rings (SSSR count). The highest BCUT2D eigenvalue weighted by atomic mass is 16.5. The number of hydrogen-bond donors (Lipinski definition) is 1. The van der Waals surface area contributed by atoms with Crippen LogP contribution in [0.5, 0.6) is 0 Å². The number of ether oxygens (including phenoxy) is 2. The third kappa shape index (κ3) is 4.47. The first-order valence-electron chi connectivity index (χ1n) is 5.78. The Labute approximate surface area is 92.7 Å². The minimum absolute atomic E-state index is 0.201. The number of nitrogens with zero attached hydrogens (tertiary/aromatic N) is 1. The second-order valence-electron chi connectivity index (χ2n) is 4.21. The van der Waals surface area contributed by atoms with E-state index in [2.05, 4.69) is 11.9 Å². The van der Waals surface area contributed by atoms with Crippen molar-refractivity contribution < 1.29 is 9.47 Å². The van der Waals surface area contributed by atoms with Gasteiger partial charge in [-0.25, -0.2) is 0 Å². The zero-order valence-electron chi connectivity index (χ0n) is 9.95. The summed E-state index contributed by atoms with van der Waals surface area (Å²) in [6.45, 7) is 3.47. The van der Waals surface area contributed by atoms with Gasteiger partial charge in [-0.3, -0.25) is 0 Å². The molecule has 0 aliphatic carbocycles. The minimum atomic E-state index is 0.201. The maximum atomic E-state index is 5.58. The highest BCUT2D eigenvalue weighted by Crippen LogP contribution is 2.13. The molecule has 4 heteroatoms. The standard InChI is InChI=1S/C11H24N2O2/c1-13(6-3-11(9-12)14-2)10-4-7-15-8-5-10/h10-11H,3-9,12H2,1-2H3. The van der Waals surface area contributed by atoms with Crippen LogP contribution >= 0.6 is 0 Å². The van der Waals surface area contributed by atoms with Crippen LogP contribution in [0.15, 0.2) is 0 Å². The summed E-state index contributed by atoms with van der Waals surface area (Å²) in [6.07, 6.45) is 3.52. The fourth-order valence-corrected chi connectivity index (χ4v) is 1.99. The second-order valence-corrected chi connectivity index (χ2v) is 4.21. The molecule has 0 aromatic rings. The zero-order valence-corrected chi connectivity index (χ0v) is 9.95. The Hall–Kier alpha value is -0.160. The van der Waals surface area contributed by atoms with Crippen LogP contribution in [0.2, 0.25) is 0 Å². The molecule has 15 heavy (non-hydrogen) atoms. The van der Waals surface area contributed by atoms with E-state index in [0.29, 0.717) is 12.6 Å². The lowest BCUT2D eigenvalue weighted by Gasteiger charge is -2.31. The number of nitrogens with two attached hydrogens (primary N) is 1. The molecule has 0 saturated carbocycles. The lowest BCUT2D eigenvalue weighted by molar-refractivity contribution is 0.0340. The lowest BCUT2D eigenvalue weighted by atomic mass is 10.1. The lowest BCUT2D eigenvalue weighted by Crippen LogP contribution is -2.39. The molecule has 0 amide bonds. The highest BCUT2D eigenvalue weighted by Gasteiger charge is 2.18. The summed E-state index contributed by atoms with van der Waals surface area (Å²) >= 11 is 0. The first-order chi connectivity index (χ1) is 7.27. The third-order valence-corrected chi connectivity index (χ3v) is 3.21. The molecule has 1 aliphatic rings. The Morgan fingerprint density at radius 2 is 2.13 bits per heavy atom. The average molecular weight is 216 g/mol. The van der Waals surface area contributed by atoms with E-state index in [4.69, 9.17) is 15.2 Å². The SMILES string of the molecule is COC(CN)CCN(C)C1CCOCC1. The van der Waals surface area contributed by atoms with Gasteiger partial charge in [-0.2, -0.15) is 0 Å². The summed E-state index contributed by atoms with van der Waals surface area (Å²) in [5, 5.41) is 0. The quantitative estimate of drug-likeness (QED) is 0.701. The third-order valence-electron chi connectivity index (χ3n) is 3.21. The summed E-state index contributed by atoms with van der Waals surface area (Å²) in [6, 6.07) is 0.675. The summed E-state index contributed by atoms with van der Waals surface area (Å²) in [4.78, 5) is 2.41. The first kappa shape index (κ1) is 12.9. The van der Waals surface area contributed by atoms with E-state index < -0.39 is 0 Å². The van der Waals surface area contributed by atoms with Crippen LogP contribution in [-0.4, -0.2) is 57.5 Å². The molecule has 4 nitrogen and oxygen atoms in total. The summed E-state index contributed by atoms with van der Waals surface area (Å²) < 4.78 is 10.6. The van der Waals surface area contributed by atoms with Crippen molar-refractivity contribution in [3.63, 3.8) is 0 Å². The van der Waals surface area contributed by atoms with Crippen LogP contribution in [0.1, 0.15) is 19.3 Å². The molecule has 1 saturated heterocycles. The molecule has 1 unspecified atom stereocenters. The molecular formula is C11H24N2O2. The van der Waals surface area contributed by atoms with Gasteiger partial charge in [-0.15, -0.1) is 0 Å². The van der Waals surface area contributed by atoms with E-state index in [-0.39, 0.29) is 6.10 Å². The summed E-state index contributed by atoms with van der Waals surface area (Å²) in [7, 11) is 3.91. The van der Waals surface area contributed by atoms with Gasteiger partial charge >= 0.3 is 0 Å². The second kappa shape index (κ2) is 7.17. The van der Waals surface area contributed by atoms with Crippen LogP contribution in [0, 0.1) is 0 Å². The molecule has 1 aliphatic heterocycles. The van der Waals surface area contributed by atoms with Gasteiger partial charge in [-0.05, 0) is 26.3 Å². The molecule has 0 spiro atoms. The van der Waals surface area contributed by atoms with Crippen LogP contribution in [0.3, 0.4) is 0 Å². The van der Waals surface area contributed by atoms with E-state index in [1.807, 2.05) is 0 Å². The van der Waals surface area contributed by atoms with Gasteiger partial charge in [-0.1, -0.05) is 0 Å². The topological polar surface area (TPSA) is 47.7 Å². The largest absolute Gasteiger partial charge is 0.381 e. The van der Waals surface area contributed by atoms with Gasteiger partial charge in [0.25, 0.3) is 0 Å². The minimum Gasteiger partial charge on any atom is -0.381 e. The molecule has 2 N–H and O–H groups in total. The van der Waals surface area contributed by atoms with E-state index in [1.165, 1.54) is 0 Å². The normalized spacial score (nSPS) is 20.8. The van der Waals surface area contributed by atoms with Crippen LogP contribution in [0.25, 0.3) is 0 Å². The highest BCUT2D eigenvalue weighted by molar-refractivity contribution is 4.73. The maximum absolute atomic E-state index is 5.58. The number of rotatable bonds is 6. The molecule has 1 fully saturated rings. The maximum Gasteiger partial charge on any atom is 0.0705 e. The van der Waals surface area contributed by atoms with Crippen LogP contribution < -0.4 is 5.73 Å². The monoisotopic (exact) mass is 216 g/mol. The van der Waals surface area contributed by atoms with Gasteiger partial charge in [0, 0.05) is 39.5 Å². The van der Waals surface area contributed by atoms with Gasteiger partial charge < -0.3 is 20.1 Å². The Morgan fingerprint density at radius 1 is 1.47 bits per heavy atom. The predicted octanol–water partition coefficient (Wildman–Crippen LogP) is 0.461. The van der Waals surface area contributed by atoms with Gasteiger partial charge in [0.1, 0.15) is 0 Å². The Morgan fingerprint density at radius 3 is 2.67 bits per heavy atom. The smallest absolute Gasteiger partial charge is 0.0705 e. The Kier molecular flexibility index (Phi) is 6.17. The number of methoxy groups -OCH3 is 1. The van der Waals surface area contributed by atoms with E-state index in [9.17, 15) is 0 Å². The molecule has 0 aromatic carbocycles. The van der Waals surface area contributed by atoms with Crippen molar-refractivity contribution in [2.45, 2.75) is 31.4 Å². The molecule has 1 atom stereocenters. The Bertz CT molecular complexity index is 157. The predicted molar refractivity (Wildman–Crippen MR) is 60.9 cm³/mol. The summed E-state index contributed by atoms with van der Waals surface area (Å²) in [5.41, 5.74) is 5.58. The van der Waals surface area contributed by atoms with E-state index in [1.54, 1.807) is 7.11 Å². The van der Waals surface area contributed by atoms with Crippen LogP contribution in [0.4, 0.5) is 0 Å². The van der Waals surface area contributed by atoms with Crippen molar-refractivity contribution in [2.75, 3.05) is 40.5 Å². The van der Waals surface area contributed by atoms with Crippen molar-refractivity contribution in [2.24, 2.45) is 5.73 Å². The Balaban J connectivity index is 2.18. The molecular weight excluding hydrogens is 192 g/mol. The molecule has 0 radical (unpaired) electrons. The van der Waals surface area contributed by atoms with Crippen molar-refractivity contribution in [1.29, 1.82) is 0 Å². The van der Waals surface area contributed by atoms with E-state index >= 15 is 0 Å². The van der Waals surface area contributed by atoms with Crippen molar-refractivity contribution in [1.82, 2.24) is 4.90 Å². The van der Waals surface area contributed by atoms with Crippen LogP contribution in [-0.2, 0) is 9.47 Å². The molecule has 90 valence electrons. The van der Waals surface area contributed by atoms with Crippen molar-refractivity contribution >= 4 is 0 Å². The van der Waals surface area contributed by atoms with Crippen molar-refractivity contribution in [3.8, 4) is 0 Å². The van der Waals surface area contributed by atoms with Gasteiger partial charge in [0.05, 0.1) is 6.10 Å². The molecule has 0 aromatic heterocycles. The molecule has 0 bridgehead atoms. The fourth-order valence-electron chi connectivity index (χ4n) is 1.99. The van der Waals surface area contributed by atoms with Gasteiger partial charge in [0.15, 0.2) is 0 Å². The van der Waals surface area contributed by atoms with Gasteiger partial charge in [0.2, 0.25) is 0 Å².